The molecule has 0 aromatic heterocycles. The summed E-state index contributed by atoms with van der Waals surface area (Å²) in [5.74, 6) is 1.60. The molecule has 0 radical (unpaired) electrons. The van der Waals surface area contributed by atoms with Gasteiger partial charge < -0.3 is 10.6 Å². The molecule has 1 saturated carbocycles. The molecule has 2 aliphatic rings. The summed E-state index contributed by atoms with van der Waals surface area (Å²) in [5, 5.41) is 6.59. The molecule has 3 heteroatoms. The zero-order chi connectivity index (χ0) is 12.8. The SMILES string of the molecule is CC(NC(=O)CC1CCNCC1)C1CCCCC1. The van der Waals surface area contributed by atoms with Gasteiger partial charge in [-0.2, -0.15) is 0 Å². The maximum absolute atomic E-state index is 12.0. The minimum Gasteiger partial charge on any atom is -0.353 e. The van der Waals surface area contributed by atoms with Crippen LogP contribution in [0.2, 0.25) is 0 Å². The van der Waals surface area contributed by atoms with Crippen LogP contribution in [0.4, 0.5) is 0 Å². The molecule has 2 fully saturated rings. The van der Waals surface area contributed by atoms with Crippen LogP contribution in [-0.4, -0.2) is 25.0 Å². The van der Waals surface area contributed by atoms with Crippen molar-refractivity contribution in [1.82, 2.24) is 10.6 Å². The Morgan fingerprint density at radius 3 is 2.50 bits per heavy atom. The second-order valence-corrected chi connectivity index (χ2v) is 6.15. The van der Waals surface area contributed by atoms with Crippen molar-refractivity contribution >= 4 is 5.91 Å². The first kappa shape index (κ1) is 13.9. The van der Waals surface area contributed by atoms with E-state index in [0.717, 1.165) is 38.3 Å². The van der Waals surface area contributed by atoms with Crippen molar-refractivity contribution in [3.05, 3.63) is 0 Å². The van der Waals surface area contributed by atoms with Crippen LogP contribution in [-0.2, 0) is 4.79 Å². The molecule has 1 heterocycles. The van der Waals surface area contributed by atoms with E-state index in [1.165, 1.54) is 32.1 Å². The quantitative estimate of drug-likeness (QED) is 0.807. The number of hydrogen-bond donors (Lipinski definition) is 2. The minimum absolute atomic E-state index is 0.278. The number of piperidine rings is 1. The van der Waals surface area contributed by atoms with Crippen LogP contribution in [0.1, 0.15) is 58.3 Å². The van der Waals surface area contributed by atoms with E-state index in [1.807, 2.05) is 0 Å². The summed E-state index contributed by atoms with van der Waals surface area (Å²) in [6, 6.07) is 0.375. The molecule has 1 amide bonds. The van der Waals surface area contributed by atoms with Crippen LogP contribution in [0.5, 0.6) is 0 Å². The summed E-state index contributed by atoms with van der Waals surface area (Å²) < 4.78 is 0. The monoisotopic (exact) mass is 252 g/mol. The molecule has 0 spiro atoms. The van der Waals surface area contributed by atoms with Gasteiger partial charge in [0.2, 0.25) is 5.91 Å². The van der Waals surface area contributed by atoms with E-state index >= 15 is 0 Å². The van der Waals surface area contributed by atoms with Gasteiger partial charge in [0.1, 0.15) is 0 Å². The van der Waals surface area contributed by atoms with Crippen LogP contribution in [0.25, 0.3) is 0 Å². The standard InChI is InChI=1S/C15H28N2O/c1-12(14-5-3-2-4-6-14)17-15(18)11-13-7-9-16-10-8-13/h12-14,16H,2-11H2,1H3,(H,17,18). The largest absolute Gasteiger partial charge is 0.353 e. The molecule has 3 nitrogen and oxygen atoms in total. The molecular weight excluding hydrogens is 224 g/mol. The van der Waals surface area contributed by atoms with Gasteiger partial charge in [0.05, 0.1) is 0 Å². The Bertz CT molecular complexity index is 255. The van der Waals surface area contributed by atoms with Gasteiger partial charge in [0, 0.05) is 12.5 Å². The average Bonchev–Trinajstić information content (AvgIpc) is 2.40. The predicted octanol–water partition coefficient (Wildman–Crippen LogP) is 2.46. The van der Waals surface area contributed by atoms with Crippen LogP contribution in [0.3, 0.4) is 0 Å². The first-order valence-electron chi connectivity index (χ1n) is 7.76. The lowest BCUT2D eigenvalue weighted by Gasteiger charge is -2.29. The highest BCUT2D eigenvalue weighted by Crippen LogP contribution is 2.26. The van der Waals surface area contributed by atoms with E-state index in [1.54, 1.807) is 0 Å². The number of hydrogen-bond acceptors (Lipinski definition) is 2. The van der Waals surface area contributed by atoms with Crippen LogP contribution in [0, 0.1) is 11.8 Å². The molecule has 0 aromatic rings. The first-order valence-corrected chi connectivity index (χ1v) is 7.76. The molecule has 1 saturated heterocycles. The molecule has 104 valence electrons. The van der Waals surface area contributed by atoms with Crippen LogP contribution >= 0.6 is 0 Å². The van der Waals surface area contributed by atoms with E-state index in [-0.39, 0.29) is 5.91 Å². The minimum atomic E-state index is 0.278. The summed E-state index contributed by atoms with van der Waals surface area (Å²) in [6.45, 7) is 4.35. The molecular formula is C15H28N2O. The van der Waals surface area contributed by atoms with Crippen molar-refractivity contribution in [3.8, 4) is 0 Å². The van der Waals surface area contributed by atoms with E-state index < -0.39 is 0 Å². The summed E-state index contributed by atoms with van der Waals surface area (Å²) >= 11 is 0. The molecule has 2 N–H and O–H groups in total. The summed E-state index contributed by atoms with van der Waals surface area (Å²) in [6.07, 6.45) is 9.73. The zero-order valence-electron chi connectivity index (χ0n) is 11.7. The molecule has 0 bridgehead atoms. The van der Waals surface area contributed by atoms with Gasteiger partial charge >= 0.3 is 0 Å². The number of carbonyl (C=O) groups excluding carboxylic acids is 1. The van der Waals surface area contributed by atoms with Gasteiger partial charge in [0.15, 0.2) is 0 Å². The Kier molecular flexibility index (Phi) is 5.48. The molecule has 2 rings (SSSR count). The third kappa shape index (κ3) is 4.27. The summed E-state index contributed by atoms with van der Waals surface area (Å²) in [4.78, 5) is 12.0. The average molecular weight is 252 g/mol. The van der Waals surface area contributed by atoms with E-state index in [9.17, 15) is 4.79 Å². The Hall–Kier alpha value is -0.570. The van der Waals surface area contributed by atoms with Gasteiger partial charge in [-0.1, -0.05) is 19.3 Å². The third-order valence-electron chi connectivity index (χ3n) is 4.68. The summed E-state index contributed by atoms with van der Waals surface area (Å²) in [5.41, 5.74) is 0. The lowest BCUT2D eigenvalue weighted by atomic mass is 9.84. The Morgan fingerprint density at radius 2 is 1.83 bits per heavy atom. The molecule has 1 unspecified atom stereocenters. The second kappa shape index (κ2) is 7.13. The zero-order valence-corrected chi connectivity index (χ0v) is 11.7. The topological polar surface area (TPSA) is 41.1 Å². The summed E-state index contributed by atoms with van der Waals surface area (Å²) in [7, 11) is 0. The maximum atomic E-state index is 12.0. The molecule has 1 aliphatic heterocycles. The predicted molar refractivity (Wildman–Crippen MR) is 74.4 cm³/mol. The molecule has 18 heavy (non-hydrogen) atoms. The van der Waals surface area contributed by atoms with Crippen molar-refractivity contribution in [2.45, 2.75) is 64.3 Å². The van der Waals surface area contributed by atoms with E-state index in [4.69, 9.17) is 0 Å². The van der Waals surface area contributed by atoms with Crippen LogP contribution in [0.15, 0.2) is 0 Å². The first-order chi connectivity index (χ1) is 8.75. The molecule has 1 atom stereocenters. The Morgan fingerprint density at radius 1 is 1.17 bits per heavy atom. The van der Waals surface area contributed by atoms with Crippen molar-refractivity contribution in [2.24, 2.45) is 11.8 Å². The fourth-order valence-corrected chi connectivity index (χ4v) is 3.41. The lowest BCUT2D eigenvalue weighted by molar-refractivity contribution is -0.123. The number of rotatable bonds is 4. The van der Waals surface area contributed by atoms with Gasteiger partial charge in [-0.3, -0.25) is 4.79 Å². The fraction of sp³-hybridized carbons (Fsp3) is 0.933. The third-order valence-corrected chi connectivity index (χ3v) is 4.68. The number of nitrogens with one attached hydrogen (secondary N) is 2. The van der Waals surface area contributed by atoms with Crippen molar-refractivity contribution in [3.63, 3.8) is 0 Å². The second-order valence-electron chi connectivity index (χ2n) is 6.15. The smallest absolute Gasteiger partial charge is 0.220 e. The maximum Gasteiger partial charge on any atom is 0.220 e. The highest BCUT2D eigenvalue weighted by molar-refractivity contribution is 5.76. The van der Waals surface area contributed by atoms with E-state index in [2.05, 4.69) is 17.6 Å². The molecule has 0 aromatic carbocycles. The fourth-order valence-electron chi connectivity index (χ4n) is 3.41. The lowest BCUT2D eigenvalue weighted by Crippen LogP contribution is -2.40. The number of amides is 1. The van der Waals surface area contributed by atoms with Crippen LogP contribution < -0.4 is 10.6 Å². The highest BCUT2D eigenvalue weighted by atomic mass is 16.1. The molecule has 1 aliphatic carbocycles. The van der Waals surface area contributed by atoms with Crippen molar-refractivity contribution in [1.29, 1.82) is 0 Å². The Balaban J connectivity index is 1.68. The highest BCUT2D eigenvalue weighted by Gasteiger charge is 2.23. The van der Waals surface area contributed by atoms with Crippen molar-refractivity contribution in [2.75, 3.05) is 13.1 Å². The van der Waals surface area contributed by atoms with E-state index in [0.29, 0.717) is 12.0 Å². The normalized spacial score (nSPS) is 24.7. The number of carbonyl (C=O) groups is 1. The van der Waals surface area contributed by atoms with Gasteiger partial charge in [-0.25, -0.2) is 0 Å². The van der Waals surface area contributed by atoms with Gasteiger partial charge in [-0.05, 0) is 57.5 Å². The van der Waals surface area contributed by atoms with Crippen molar-refractivity contribution < 1.29 is 4.79 Å². The van der Waals surface area contributed by atoms with Gasteiger partial charge in [-0.15, -0.1) is 0 Å². The van der Waals surface area contributed by atoms with Gasteiger partial charge in [0.25, 0.3) is 0 Å². The Labute approximate surface area is 111 Å².